The van der Waals surface area contributed by atoms with E-state index in [1.807, 2.05) is 26.0 Å². The number of aryl methyl sites for hydroxylation is 3. The van der Waals surface area contributed by atoms with Gasteiger partial charge in [0.25, 0.3) is 5.91 Å². The second kappa shape index (κ2) is 5.95. The van der Waals surface area contributed by atoms with Gasteiger partial charge in [-0.05, 0) is 45.0 Å². The summed E-state index contributed by atoms with van der Waals surface area (Å²) in [7, 11) is 0. The minimum absolute atomic E-state index is 0.289. The molecule has 0 saturated carbocycles. The van der Waals surface area contributed by atoms with Gasteiger partial charge in [-0.1, -0.05) is 11.6 Å². The number of rotatable bonds is 2. The van der Waals surface area contributed by atoms with Crippen molar-refractivity contribution in [1.29, 1.82) is 5.26 Å². The van der Waals surface area contributed by atoms with Gasteiger partial charge < -0.3 is 5.32 Å². The van der Waals surface area contributed by atoms with E-state index >= 15 is 0 Å². The van der Waals surface area contributed by atoms with Crippen LogP contribution in [0.3, 0.4) is 0 Å². The fraction of sp³-hybridized carbons (Fsp3) is 0.176. The molecule has 0 bridgehead atoms. The SMILES string of the molecule is Cc1cc(C)n2nc(C)c(C(=O)Nc3ccc(C#N)c(Cl)c3)c2n1. The predicted molar refractivity (Wildman–Crippen MR) is 91.3 cm³/mol. The molecule has 2 aromatic heterocycles. The molecule has 0 saturated heterocycles. The summed E-state index contributed by atoms with van der Waals surface area (Å²) in [5.41, 5.74) is 4.11. The third-order valence-electron chi connectivity index (χ3n) is 3.64. The van der Waals surface area contributed by atoms with Crippen LogP contribution in [0.15, 0.2) is 24.3 Å². The molecule has 120 valence electrons. The Hall–Kier alpha value is -2.91. The monoisotopic (exact) mass is 339 g/mol. The minimum atomic E-state index is -0.319. The Morgan fingerprint density at radius 3 is 2.71 bits per heavy atom. The second-order valence-corrected chi connectivity index (χ2v) is 5.90. The predicted octanol–water partition coefficient (Wildman–Crippen LogP) is 3.43. The summed E-state index contributed by atoms with van der Waals surface area (Å²) in [4.78, 5) is 17.1. The number of aromatic nitrogens is 3. The topological polar surface area (TPSA) is 83.1 Å². The van der Waals surface area contributed by atoms with Crippen LogP contribution in [0.1, 0.15) is 33.0 Å². The highest BCUT2D eigenvalue weighted by Crippen LogP contribution is 2.22. The van der Waals surface area contributed by atoms with E-state index in [0.717, 1.165) is 11.4 Å². The van der Waals surface area contributed by atoms with Crippen molar-refractivity contribution in [2.75, 3.05) is 5.32 Å². The number of fused-ring (bicyclic) bond motifs is 1. The molecule has 3 aromatic rings. The van der Waals surface area contributed by atoms with Crippen LogP contribution in [0.5, 0.6) is 0 Å². The maximum atomic E-state index is 12.7. The zero-order chi connectivity index (χ0) is 17.4. The molecule has 1 aromatic carbocycles. The number of carbonyl (C=O) groups is 1. The van der Waals surface area contributed by atoms with Gasteiger partial charge in [0.2, 0.25) is 0 Å². The van der Waals surface area contributed by atoms with Gasteiger partial charge in [0.05, 0.1) is 16.3 Å². The average molecular weight is 340 g/mol. The van der Waals surface area contributed by atoms with Crippen LogP contribution in [-0.2, 0) is 0 Å². The van der Waals surface area contributed by atoms with E-state index in [9.17, 15) is 4.79 Å². The summed E-state index contributed by atoms with van der Waals surface area (Å²) in [6.45, 7) is 5.55. The Bertz CT molecular complexity index is 1020. The van der Waals surface area contributed by atoms with Crippen LogP contribution in [0, 0.1) is 32.1 Å². The molecule has 1 N–H and O–H groups in total. The van der Waals surface area contributed by atoms with E-state index in [2.05, 4.69) is 15.4 Å². The van der Waals surface area contributed by atoms with Gasteiger partial charge in [0, 0.05) is 17.1 Å². The molecule has 24 heavy (non-hydrogen) atoms. The molecule has 7 heteroatoms. The molecule has 0 aliphatic heterocycles. The number of nitrogens with zero attached hydrogens (tertiary/aromatic N) is 4. The summed E-state index contributed by atoms with van der Waals surface area (Å²) >= 11 is 6.00. The quantitative estimate of drug-likeness (QED) is 0.775. The van der Waals surface area contributed by atoms with E-state index in [1.165, 1.54) is 0 Å². The normalized spacial score (nSPS) is 10.6. The first-order valence-corrected chi connectivity index (χ1v) is 7.63. The lowest BCUT2D eigenvalue weighted by molar-refractivity contribution is 0.102. The van der Waals surface area contributed by atoms with E-state index < -0.39 is 0 Å². The van der Waals surface area contributed by atoms with Gasteiger partial charge in [0.15, 0.2) is 5.65 Å². The first kappa shape index (κ1) is 16.0. The summed E-state index contributed by atoms with van der Waals surface area (Å²) in [5.74, 6) is -0.319. The summed E-state index contributed by atoms with van der Waals surface area (Å²) in [6, 6.07) is 8.63. The molecule has 6 nitrogen and oxygen atoms in total. The Balaban J connectivity index is 2.02. The number of anilines is 1. The molecule has 2 heterocycles. The third-order valence-corrected chi connectivity index (χ3v) is 3.96. The van der Waals surface area contributed by atoms with Gasteiger partial charge in [-0.3, -0.25) is 4.79 Å². The van der Waals surface area contributed by atoms with E-state index in [4.69, 9.17) is 16.9 Å². The summed E-state index contributed by atoms with van der Waals surface area (Å²) in [5, 5.41) is 16.4. The van der Waals surface area contributed by atoms with Gasteiger partial charge in [-0.2, -0.15) is 10.4 Å². The van der Waals surface area contributed by atoms with Gasteiger partial charge in [0.1, 0.15) is 11.6 Å². The third kappa shape index (κ3) is 2.70. The molecule has 0 aliphatic carbocycles. The Kier molecular flexibility index (Phi) is 3.96. The standard InChI is InChI=1S/C17H14ClN5O/c1-9-6-10(2)23-16(20-9)15(11(3)22-23)17(24)21-13-5-4-12(8-19)14(18)7-13/h4-7H,1-3H3,(H,21,24). The smallest absolute Gasteiger partial charge is 0.261 e. The number of nitrogens with one attached hydrogen (secondary N) is 1. The Labute approximate surface area is 143 Å². The Morgan fingerprint density at radius 2 is 2.04 bits per heavy atom. The maximum Gasteiger partial charge on any atom is 0.261 e. The minimum Gasteiger partial charge on any atom is -0.322 e. The molecule has 0 fully saturated rings. The van der Waals surface area contributed by atoms with Crippen molar-refractivity contribution >= 4 is 28.8 Å². The van der Waals surface area contributed by atoms with Crippen molar-refractivity contribution in [2.24, 2.45) is 0 Å². The number of benzene rings is 1. The molecule has 0 unspecified atom stereocenters. The molecule has 0 aliphatic rings. The lowest BCUT2D eigenvalue weighted by Crippen LogP contribution is -2.13. The molecular formula is C17H14ClN5O. The van der Waals surface area contributed by atoms with E-state index in [-0.39, 0.29) is 10.9 Å². The van der Waals surface area contributed by atoms with Crippen molar-refractivity contribution in [1.82, 2.24) is 14.6 Å². The van der Waals surface area contributed by atoms with Crippen molar-refractivity contribution in [2.45, 2.75) is 20.8 Å². The molecule has 1 amide bonds. The molecule has 3 rings (SSSR count). The number of halogens is 1. The van der Waals surface area contributed by atoms with Crippen LogP contribution < -0.4 is 5.32 Å². The maximum absolute atomic E-state index is 12.7. The fourth-order valence-electron chi connectivity index (χ4n) is 2.57. The first-order valence-electron chi connectivity index (χ1n) is 7.25. The summed E-state index contributed by atoms with van der Waals surface area (Å²) in [6.07, 6.45) is 0. The molecular weight excluding hydrogens is 326 g/mol. The van der Waals surface area contributed by atoms with Gasteiger partial charge >= 0.3 is 0 Å². The van der Waals surface area contributed by atoms with E-state index in [0.29, 0.717) is 28.2 Å². The van der Waals surface area contributed by atoms with Crippen molar-refractivity contribution < 1.29 is 4.79 Å². The van der Waals surface area contributed by atoms with Crippen molar-refractivity contribution in [3.63, 3.8) is 0 Å². The number of amides is 1. The van der Waals surface area contributed by atoms with Gasteiger partial charge in [-0.25, -0.2) is 9.50 Å². The van der Waals surface area contributed by atoms with Crippen molar-refractivity contribution in [3.8, 4) is 6.07 Å². The largest absolute Gasteiger partial charge is 0.322 e. The van der Waals surface area contributed by atoms with Crippen LogP contribution in [0.4, 0.5) is 5.69 Å². The highest BCUT2D eigenvalue weighted by Gasteiger charge is 2.20. The molecule has 0 radical (unpaired) electrons. The zero-order valence-corrected chi connectivity index (χ0v) is 14.1. The number of nitriles is 1. The van der Waals surface area contributed by atoms with Crippen LogP contribution in [-0.4, -0.2) is 20.5 Å². The highest BCUT2D eigenvalue weighted by atomic mass is 35.5. The lowest BCUT2D eigenvalue weighted by atomic mass is 10.2. The highest BCUT2D eigenvalue weighted by molar-refractivity contribution is 6.32. The lowest BCUT2D eigenvalue weighted by Gasteiger charge is -2.06. The zero-order valence-electron chi connectivity index (χ0n) is 13.4. The van der Waals surface area contributed by atoms with Crippen LogP contribution >= 0.6 is 11.6 Å². The summed E-state index contributed by atoms with van der Waals surface area (Å²) < 4.78 is 1.66. The van der Waals surface area contributed by atoms with Gasteiger partial charge in [-0.15, -0.1) is 0 Å². The molecule has 0 atom stereocenters. The first-order chi connectivity index (χ1) is 11.4. The number of carbonyl (C=O) groups excluding carboxylic acids is 1. The average Bonchev–Trinajstić information content (AvgIpc) is 2.84. The van der Waals surface area contributed by atoms with Crippen LogP contribution in [0.25, 0.3) is 5.65 Å². The Morgan fingerprint density at radius 1 is 1.29 bits per heavy atom. The van der Waals surface area contributed by atoms with Crippen LogP contribution in [0.2, 0.25) is 5.02 Å². The number of hydrogen-bond acceptors (Lipinski definition) is 4. The second-order valence-electron chi connectivity index (χ2n) is 5.50. The molecule has 0 spiro atoms. The fourth-order valence-corrected chi connectivity index (χ4v) is 2.79. The number of hydrogen-bond donors (Lipinski definition) is 1. The van der Waals surface area contributed by atoms with E-state index in [1.54, 1.807) is 29.6 Å². The van der Waals surface area contributed by atoms with Crippen molar-refractivity contribution in [3.05, 3.63) is 57.5 Å².